The highest BCUT2D eigenvalue weighted by molar-refractivity contribution is 6.33. The lowest BCUT2D eigenvalue weighted by Crippen LogP contribution is -2.52. The Bertz CT molecular complexity index is 717. The van der Waals surface area contributed by atoms with Crippen molar-refractivity contribution in [1.29, 1.82) is 0 Å². The van der Waals surface area contributed by atoms with Gasteiger partial charge in [-0.25, -0.2) is 4.79 Å². The minimum atomic E-state index is -0.772. The highest BCUT2D eigenvalue weighted by atomic mass is 35.5. The van der Waals surface area contributed by atoms with E-state index >= 15 is 0 Å². The number of hydrogen-bond donors (Lipinski definition) is 0. The number of urea groups is 1. The largest absolute Gasteiger partial charge is 0.333 e. The number of nitrogens with zero attached hydrogens (tertiary/aromatic N) is 3. The molecule has 114 valence electrons. The summed E-state index contributed by atoms with van der Waals surface area (Å²) in [4.78, 5) is 47.4. The molecule has 0 radical (unpaired) electrons. The van der Waals surface area contributed by atoms with Crippen LogP contribution in [0.25, 0.3) is 6.08 Å². The van der Waals surface area contributed by atoms with Gasteiger partial charge in [0.05, 0.1) is 4.92 Å². The first-order valence-corrected chi connectivity index (χ1v) is 6.37. The number of amides is 4. The van der Waals surface area contributed by atoms with Gasteiger partial charge in [-0.3, -0.25) is 29.5 Å². The van der Waals surface area contributed by atoms with Crippen molar-refractivity contribution in [2.24, 2.45) is 0 Å². The normalized spacial score (nSPS) is 15.4. The van der Waals surface area contributed by atoms with Crippen LogP contribution in [0.2, 0.25) is 5.02 Å². The average molecular weight is 324 g/mol. The molecule has 0 bridgehead atoms. The number of halogens is 1. The van der Waals surface area contributed by atoms with Gasteiger partial charge in [-0.05, 0) is 17.7 Å². The van der Waals surface area contributed by atoms with Gasteiger partial charge in [0.15, 0.2) is 0 Å². The van der Waals surface area contributed by atoms with Gasteiger partial charge in [-0.15, -0.1) is 0 Å². The summed E-state index contributed by atoms with van der Waals surface area (Å²) >= 11 is 5.70. The highest BCUT2D eigenvalue weighted by Gasteiger charge is 2.37. The maximum atomic E-state index is 12.0. The van der Waals surface area contributed by atoms with Crippen molar-refractivity contribution in [3.8, 4) is 0 Å². The van der Waals surface area contributed by atoms with Gasteiger partial charge in [0.2, 0.25) is 0 Å². The molecule has 0 aliphatic carbocycles. The third-order valence-corrected chi connectivity index (χ3v) is 3.44. The number of rotatable bonds is 2. The molecule has 1 aromatic carbocycles. The number of carbonyl (C=O) groups excluding carboxylic acids is 3. The Balaban J connectivity index is 2.50. The predicted octanol–water partition coefficient (Wildman–Crippen LogP) is 1.68. The molecule has 4 amide bonds. The molecule has 8 nitrogen and oxygen atoms in total. The zero-order valence-electron chi connectivity index (χ0n) is 11.6. The van der Waals surface area contributed by atoms with Crippen LogP contribution in [0.1, 0.15) is 5.56 Å². The van der Waals surface area contributed by atoms with Crippen molar-refractivity contribution in [3.63, 3.8) is 0 Å². The van der Waals surface area contributed by atoms with Crippen molar-refractivity contribution < 1.29 is 19.3 Å². The van der Waals surface area contributed by atoms with Gasteiger partial charge >= 0.3 is 6.03 Å². The van der Waals surface area contributed by atoms with Crippen molar-refractivity contribution in [2.45, 2.75) is 0 Å². The Morgan fingerprint density at radius 3 is 2.18 bits per heavy atom. The molecule has 1 aliphatic rings. The molecule has 2 rings (SSSR count). The summed E-state index contributed by atoms with van der Waals surface area (Å²) in [5, 5.41) is 10.8. The zero-order chi connectivity index (χ0) is 16.6. The second kappa shape index (κ2) is 5.57. The monoisotopic (exact) mass is 323 g/mol. The summed E-state index contributed by atoms with van der Waals surface area (Å²) in [6.07, 6.45) is 1.19. The van der Waals surface area contributed by atoms with Gasteiger partial charge in [0.1, 0.15) is 10.6 Å². The molecule has 0 N–H and O–H groups in total. The lowest BCUT2D eigenvalue weighted by Gasteiger charge is -2.28. The maximum Gasteiger partial charge on any atom is 0.333 e. The molecule has 1 heterocycles. The molecule has 0 atom stereocenters. The molecule has 1 fully saturated rings. The molecule has 22 heavy (non-hydrogen) atoms. The molecule has 9 heteroatoms. The summed E-state index contributed by atoms with van der Waals surface area (Å²) in [5.41, 5.74) is -0.352. The predicted molar refractivity (Wildman–Crippen MR) is 77.0 cm³/mol. The Morgan fingerprint density at radius 2 is 1.68 bits per heavy atom. The Hall–Kier alpha value is -2.74. The molecule has 1 aliphatic heterocycles. The van der Waals surface area contributed by atoms with Gasteiger partial charge in [-0.2, -0.15) is 0 Å². The van der Waals surface area contributed by atoms with Gasteiger partial charge in [0, 0.05) is 20.2 Å². The van der Waals surface area contributed by atoms with Crippen LogP contribution >= 0.6 is 11.6 Å². The Morgan fingerprint density at radius 1 is 1.14 bits per heavy atom. The van der Waals surface area contributed by atoms with E-state index in [1.54, 1.807) is 0 Å². The minimum absolute atomic E-state index is 0.0575. The third-order valence-electron chi connectivity index (χ3n) is 3.12. The van der Waals surface area contributed by atoms with E-state index in [4.69, 9.17) is 11.6 Å². The second-order valence-electron chi connectivity index (χ2n) is 4.54. The van der Waals surface area contributed by atoms with Gasteiger partial charge in [-0.1, -0.05) is 17.7 Å². The number of nitro benzene ring substituents is 1. The van der Waals surface area contributed by atoms with Crippen molar-refractivity contribution >= 4 is 41.2 Å². The topological polar surface area (TPSA) is 101 Å². The van der Waals surface area contributed by atoms with Crippen LogP contribution in [-0.2, 0) is 9.59 Å². The smallest absolute Gasteiger partial charge is 0.268 e. The first kappa shape index (κ1) is 15.6. The first-order valence-electron chi connectivity index (χ1n) is 5.99. The quantitative estimate of drug-likeness (QED) is 0.357. The summed E-state index contributed by atoms with van der Waals surface area (Å²) < 4.78 is 0. The van der Waals surface area contributed by atoms with Gasteiger partial charge in [0.25, 0.3) is 17.5 Å². The summed E-state index contributed by atoms with van der Waals surface area (Å²) in [7, 11) is 2.48. The van der Waals surface area contributed by atoms with E-state index in [-0.39, 0.29) is 21.8 Å². The Labute approximate surface area is 129 Å². The number of barbiturate groups is 1. The van der Waals surface area contributed by atoms with Crippen molar-refractivity contribution in [3.05, 3.63) is 44.5 Å². The van der Waals surface area contributed by atoms with Crippen molar-refractivity contribution in [2.75, 3.05) is 14.1 Å². The zero-order valence-corrected chi connectivity index (χ0v) is 12.3. The fourth-order valence-electron chi connectivity index (χ4n) is 1.90. The average Bonchev–Trinajstić information content (AvgIpc) is 2.49. The molecular formula is C13H10ClN3O5. The van der Waals surface area contributed by atoms with E-state index in [0.29, 0.717) is 0 Å². The number of likely N-dealkylation sites (N-methyl/N-ethyl adjacent to an activating group) is 2. The van der Waals surface area contributed by atoms with Crippen LogP contribution in [0.3, 0.4) is 0 Å². The van der Waals surface area contributed by atoms with E-state index in [9.17, 15) is 24.5 Å². The van der Waals surface area contributed by atoms with Gasteiger partial charge < -0.3 is 0 Å². The standard InChI is InChI=1S/C13H10ClN3O5/c1-15-11(18)8(12(19)16(2)13(15)20)5-7-3-4-9(14)10(6-7)17(21)22/h3-6H,1-2H3. The summed E-state index contributed by atoms with van der Waals surface area (Å²) in [6.45, 7) is 0. The number of imide groups is 2. The molecule has 0 spiro atoms. The minimum Gasteiger partial charge on any atom is -0.268 e. The number of hydrogen-bond acceptors (Lipinski definition) is 5. The lowest BCUT2D eigenvalue weighted by molar-refractivity contribution is -0.384. The maximum absolute atomic E-state index is 12.0. The van der Waals surface area contributed by atoms with Crippen LogP contribution in [0.4, 0.5) is 10.5 Å². The van der Waals surface area contributed by atoms with E-state index < -0.39 is 22.8 Å². The lowest BCUT2D eigenvalue weighted by atomic mass is 10.1. The van der Waals surface area contributed by atoms with E-state index in [0.717, 1.165) is 15.9 Å². The van der Waals surface area contributed by atoms with Crippen LogP contribution in [-0.4, -0.2) is 46.7 Å². The Kier molecular flexibility index (Phi) is 3.96. The van der Waals surface area contributed by atoms with Crippen LogP contribution < -0.4 is 0 Å². The van der Waals surface area contributed by atoms with E-state index in [1.807, 2.05) is 0 Å². The number of nitro groups is 1. The molecule has 0 aromatic heterocycles. The second-order valence-corrected chi connectivity index (χ2v) is 4.94. The fourth-order valence-corrected chi connectivity index (χ4v) is 2.09. The van der Waals surface area contributed by atoms with Crippen LogP contribution in [0.5, 0.6) is 0 Å². The highest BCUT2D eigenvalue weighted by Crippen LogP contribution is 2.27. The van der Waals surface area contributed by atoms with Crippen LogP contribution in [0, 0.1) is 10.1 Å². The number of benzene rings is 1. The van der Waals surface area contributed by atoms with Crippen molar-refractivity contribution in [1.82, 2.24) is 9.80 Å². The molecular weight excluding hydrogens is 314 g/mol. The third kappa shape index (κ3) is 2.56. The SMILES string of the molecule is CN1C(=O)C(=Cc2ccc(Cl)c([N+](=O)[O-])c2)C(=O)N(C)C1=O. The number of carbonyl (C=O) groups is 3. The molecule has 1 aromatic rings. The summed E-state index contributed by atoms with van der Waals surface area (Å²) in [6, 6.07) is 3.13. The van der Waals surface area contributed by atoms with E-state index in [1.165, 1.54) is 32.3 Å². The first-order chi connectivity index (χ1) is 10.2. The molecule has 0 unspecified atom stereocenters. The molecule has 1 saturated heterocycles. The van der Waals surface area contributed by atoms with Crippen LogP contribution in [0.15, 0.2) is 23.8 Å². The van der Waals surface area contributed by atoms with E-state index in [2.05, 4.69) is 0 Å². The molecule has 0 saturated carbocycles. The fraction of sp³-hybridized carbons (Fsp3) is 0.154. The summed E-state index contributed by atoms with van der Waals surface area (Å²) in [5.74, 6) is -1.54.